The second-order valence-corrected chi connectivity index (χ2v) is 9.90. The molecule has 0 fully saturated rings. The lowest BCUT2D eigenvalue weighted by Crippen LogP contribution is -2.28. The van der Waals surface area contributed by atoms with E-state index in [2.05, 4.69) is 14.7 Å². The molecule has 0 bridgehead atoms. The van der Waals surface area contributed by atoms with E-state index in [1.165, 1.54) is 26.4 Å². The molecule has 3 aromatic carbocycles. The Balaban J connectivity index is 1.54. The van der Waals surface area contributed by atoms with Gasteiger partial charge in [0, 0.05) is 24.2 Å². The van der Waals surface area contributed by atoms with Crippen LogP contribution in [-0.2, 0) is 10.0 Å². The van der Waals surface area contributed by atoms with Crippen LogP contribution in [0.25, 0.3) is 22.3 Å². The minimum absolute atomic E-state index is 0.112. The summed E-state index contributed by atoms with van der Waals surface area (Å²) < 4.78 is 43.8. The number of rotatable bonds is 9. The fourth-order valence-corrected chi connectivity index (χ4v) is 4.99. The van der Waals surface area contributed by atoms with Crippen molar-refractivity contribution in [3.63, 3.8) is 0 Å². The lowest BCUT2D eigenvalue weighted by atomic mass is 10.0. The molecule has 0 aliphatic carbocycles. The quantitative estimate of drug-likeness (QED) is 0.331. The van der Waals surface area contributed by atoms with E-state index in [0.717, 1.165) is 11.1 Å². The molecule has 0 saturated heterocycles. The summed E-state index contributed by atoms with van der Waals surface area (Å²) in [6, 6.07) is 15.2. The smallest absolute Gasteiger partial charge is 0.262 e. The van der Waals surface area contributed by atoms with Crippen LogP contribution in [0.15, 0.2) is 64.3 Å². The first-order valence-corrected chi connectivity index (χ1v) is 12.7. The van der Waals surface area contributed by atoms with Gasteiger partial charge in [0.2, 0.25) is 10.0 Å². The zero-order valence-corrected chi connectivity index (χ0v) is 21.2. The first-order chi connectivity index (χ1) is 17.2. The highest BCUT2D eigenvalue weighted by Crippen LogP contribution is 2.31. The number of fused-ring (bicyclic) bond motifs is 1. The Kier molecular flexibility index (Phi) is 7.27. The Bertz CT molecular complexity index is 1540. The van der Waals surface area contributed by atoms with Gasteiger partial charge in [0.25, 0.3) is 5.56 Å². The molecule has 1 heterocycles. The molecule has 4 rings (SSSR count). The first kappa shape index (κ1) is 25.2. The second-order valence-electron chi connectivity index (χ2n) is 8.14. The minimum atomic E-state index is -3.60. The molecule has 36 heavy (non-hydrogen) atoms. The van der Waals surface area contributed by atoms with Gasteiger partial charge in [-0.3, -0.25) is 4.79 Å². The molecule has 1 aromatic heterocycles. The number of benzene rings is 3. The molecule has 9 nitrogen and oxygen atoms in total. The van der Waals surface area contributed by atoms with Crippen LogP contribution in [0.4, 0.5) is 0 Å². The highest BCUT2D eigenvalue weighted by Gasteiger charge is 2.16. The Labute approximate surface area is 209 Å². The molecule has 0 radical (unpaired) electrons. The third-order valence-electron chi connectivity index (χ3n) is 5.63. The summed E-state index contributed by atoms with van der Waals surface area (Å²) in [5, 5.41) is 0.341. The third-order valence-corrected chi connectivity index (χ3v) is 7.11. The van der Waals surface area contributed by atoms with E-state index in [-0.39, 0.29) is 23.6 Å². The zero-order valence-electron chi connectivity index (χ0n) is 20.4. The predicted molar refractivity (Wildman–Crippen MR) is 138 cm³/mol. The molecule has 0 amide bonds. The average molecular weight is 510 g/mol. The highest BCUT2D eigenvalue weighted by atomic mass is 32.2. The van der Waals surface area contributed by atoms with Gasteiger partial charge in [0.15, 0.2) is 0 Å². The van der Waals surface area contributed by atoms with Crippen molar-refractivity contribution in [2.75, 3.05) is 27.4 Å². The van der Waals surface area contributed by atoms with Crippen molar-refractivity contribution in [1.29, 1.82) is 0 Å². The summed E-state index contributed by atoms with van der Waals surface area (Å²) in [7, 11) is -0.580. The molecular weight excluding hydrogens is 482 g/mol. The topological polar surface area (TPSA) is 120 Å². The SMILES string of the molecule is COc1cc(OC)c2c(=O)[nH]c(-c3cc(C)c(OCCNS(=O)(=O)c4ccccc4)c(C)c3)nc2c1. The van der Waals surface area contributed by atoms with Crippen molar-refractivity contribution in [1.82, 2.24) is 14.7 Å². The largest absolute Gasteiger partial charge is 0.497 e. The van der Waals surface area contributed by atoms with Gasteiger partial charge in [-0.1, -0.05) is 18.2 Å². The molecule has 0 unspecified atom stereocenters. The fraction of sp³-hybridized carbons (Fsp3) is 0.231. The maximum Gasteiger partial charge on any atom is 0.262 e. The fourth-order valence-electron chi connectivity index (χ4n) is 3.95. The van der Waals surface area contributed by atoms with Gasteiger partial charge >= 0.3 is 0 Å². The molecule has 0 aliphatic rings. The Morgan fingerprint density at radius 2 is 1.67 bits per heavy atom. The van der Waals surface area contributed by atoms with E-state index in [1.807, 2.05) is 26.0 Å². The van der Waals surface area contributed by atoms with Gasteiger partial charge in [-0.05, 0) is 49.2 Å². The molecule has 0 atom stereocenters. The zero-order chi connectivity index (χ0) is 25.9. The lowest BCUT2D eigenvalue weighted by molar-refractivity contribution is 0.318. The van der Waals surface area contributed by atoms with Gasteiger partial charge in [0.05, 0.1) is 24.6 Å². The van der Waals surface area contributed by atoms with E-state index in [1.54, 1.807) is 30.3 Å². The Hall–Kier alpha value is -3.89. The molecule has 4 aromatic rings. The van der Waals surface area contributed by atoms with Gasteiger partial charge in [-0.25, -0.2) is 18.1 Å². The average Bonchev–Trinajstić information content (AvgIpc) is 2.87. The van der Waals surface area contributed by atoms with Crippen molar-refractivity contribution >= 4 is 20.9 Å². The summed E-state index contributed by atoms with van der Waals surface area (Å²) in [5.74, 6) is 1.95. The molecule has 2 N–H and O–H groups in total. The van der Waals surface area contributed by atoms with Crippen LogP contribution in [-0.4, -0.2) is 45.8 Å². The van der Waals surface area contributed by atoms with Crippen LogP contribution in [0, 0.1) is 13.8 Å². The molecule has 188 valence electrons. The molecule has 10 heteroatoms. The maximum atomic E-state index is 12.8. The van der Waals surface area contributed by atoms with Crippen LogP contribution in [0.3, 0.4) is 0 Å². The molecule has 0 saturated carbocycles. The van der Waals surface area contributed by atoms with Crippen molar-refractivity contribution in [3.05, 3.63) is 76.1 Å². The van der Waals surface area contributed by atoms with Gasteiger partial charge in [-0.15, -0.1) is 0 Å². The van der Waals surface area contributed by atoms with Crippen molar-refractivity contribution in [2.45, 2.75) is 18.7 Å². The summed E-state index contributed by atoms with van der Waals surface area (Å²) in [6.07, 6.45) is 0. The van der Waals surface area contributed by atoms with E-state index in [0.29, 0.717) is 39.5 Å². The van der Waals surface area contributed by atoms with Gasteiger partial charge in [-0.2, -0.15) is 0 Å². The number of methoxy groups -OCH3 is 2. The van der Waals surface area contributed by atoms with E-state index in [9.17, 15) is 13.2 Å². The number of nitrogens with zero attached hydrogens (tertiary/aromatic N) is 1. The highest BCUT2D eigenvalue weighted by molar-refractivity contribution is 7.89. The number of nitrogens with one attached hydrogen (secondary N) is 2. The summed E-state index contributed by atoms with van der Waals surface area (Å²) in [6.45, 7) is 4.02. The van der Waals surface area contributed by atoms with E-state index in [4.69, 9.17) is 14.2 Å². The van der Waals surface area contributed by atoms with Crippen LogP contribution < -0.4 is 24.5 Å². The first-order valence-electron chi connectivity index (χ1n) is 11.2. The predicted octanol–water partition coefficient (Wildman–Crippen LogP) is 3.58. The van der Waals surface area contributed by atoms with Crippen LogP contribution in [0.2, 0.25) is 0 Å². The molecule has 0 spiro atoms. The van der Waals surface area contributed by atoms with Gasteiger partial charge < -0.3 is 19.2 Å². The van der Waals surface area contributed by atoms with Crippen molar-refractivity contribution in [3.8, 4) is 28.6 Å². The van der Waals surface area contributed by atoms with Gasteiger partial charge in [0.1, 0.15) is 35.1 Å². The second kappa shape index (κ2) is 10.4. The van der Waals surface area contributed by atoms with E-state index < -0.39 is 10.0 Å². The lowest BCUT2D eigenvalue weighted by Gasteiger charge is -2.15. The number of hydrogen-bond acceptors (Lipinski definition) is 7. The maximum absolute atomic E-state index is 12.8. The molecular formula is C26H27N3O6S. The minimum Gasteiger partial charge on any atom is -0.497 e. The number of sulfonamides is 1. The number of H-pyrrole nitrogens is 1. The normalized spacial score (nSPS) is 11.4. The van der Waals surface area contributed by atoms with Crippen LogP contribution in [0.1, 0.15) is 11.1 Å². The number of aromatic nitrogens is 2. The monoisotopic (exact) mass is 509 g/mol. The Morgan fingerprint density at radius 1 is 0.972 bits per heavy atom. The molecule has 0 aliphatic heterocycles. The van der Waals surface area contributed by atoms with Crippen molar-refractivity contribution < 1.29 is 22.6 Å². The third kappa shape index (κ3) is 5.19. The standard InChI is InChI=1S/C26H27N3O6S/c1-16-12-18(25-28-21-14-19(33-3)15-22(34-4)23(21)26(30)29-25)13-17(2)24(16)35-11-10-27-36(31,32)20-8-6-5-7-9-20/h5-9,12-15,27H,10-11H2,1-4H3,(H,28,29,30). The van der Waals surface area contributed by atoms with Crippen LogP contribution in [0.5, 0.6) is 17.2 Å². The number of ether oxygens (including phenoxy) is 3. The van der Waals surface area contributed by atoms with E-state index >= 15 is 0 Å². The summed E-state index contributed by atoms with van der Waals surface area (Å²) in [5.41, 5.74) is 2.48. The summed E-state index contributed by atoms with van der Waals surface area (Å²) >= 11 is 0. The number of hydrogen-bond donors (Lipinski definition) is 2. The van der Waals surface area contributed by atoms with Crippen molar-refractivity contribution in [2.24, 2.45) is 0 Å². The number of aromatic amines is 1. The summed E-state index contributed by atoms with van der Waals surface area (Å²) in [4.78, 5) is 20.5. The Morgan fingerprint density at radius 3 is 2.31 bits per heavy atom. The number of aryl methyl sites for hydroxylation is 2. The van der Waals surface area contributed by atoms with Crippen LogP contribution >= 0.6 is 0 Å².